The van der Waals surface area contributed by atoms with Gasteiger partial charge in [-0.15, -0.1) is 0 Å². The van der Waals surface area contributed by atoms with Crippen molar-refractivity contribution >= 4 is 16.9 Å². The molecule has 3 aromatic heterocycles. The molecule has 28 heavy (non-hydrogen) atoms. The Kier molecular flexibility index (Phi) is 4.88. The van der Waals surface area contributed by atoms with E-state index in [1.807, 2.05) is 17.5 Å². The van der Waals surface area contributed by atoms with E-state index in [0.29, 0.717) is 43.2 Å². The average Bonchev–Trinajstić information content (AvgIpc) is 3.21. The van der Waals surface area contributed by atoms with Crippen molar-refractivity contribution in [2.75, 3.05) is 32.8 Å². The Morgan fingerprint density at radius 1 is 1.21 bits per heavy atom. The molecule has 0 aromatic carbocycles. The topological polar surface area (TPSA) is 78.7 Å². The zero-order chi connectivity index (χ0) is 20.0. The average molecular weight is 388 g/mol. The molecule has 4 rings (SSSR count). The molecule has 0 N–H and O–H groups in total. The quantitative estimate of drug-likeness (QED) is 0.645. The van der Waals surface area contributed by atoms with Crippen LogP contribution in [-0.2, 0) is 18.3 Å². The zero-order valence-electron chi connectivity index (χ0n) is 17.0. The lowest BCUT2D eigenvalue weighted by Crippen LogP contribution is -2.44. The van der Waals surface area contributed by atoms with Crippen LogP contribution in [0.5, 0.6) is 0 Å². The molecule has 0 aliphatic carbocycles. The molecular formula is C19H28N6O3. The van der Waals surface area contributed by atoms with Gasteiger partial charge in [0.1, 0.15) is 0 Å². The van der Waals surface area contributed by atoms with Crippen molar-refractivity contribution < 1.29 is 4.74 Å². The Labute approximate surface area is 162 Å². The predicted molar refractivity (Wildman–Crippen MR) is 107 cm³/mol. The normalized spacial score (nSPS) is 17.0. The fourth-order valence-electron chi connectivity index (χ4n) is 4.02. The number of imidazole rings is 2. The lowest BCUT2D eigenvalue weighted by atomic mass is 10.2. The van der Waals surface area contributed by atoms with E-state index in [-0.39, 0.29) is 17.3 Å². The van der Waals surface area contributed by atoms with Crippen molar-refractivity contribution in [3.63, 3.8) is 0 Å². The van der Waals surface area contributed by atoms with Gasteiger partial charge in [-0.3, -0.25) is 23.2 Å². The predicted octanol–water partition coefficient (Wildman–Crippen LogP) is 0.761. The minimum absolute atomic E-state index is 0.259. The van der Waals surface area contributed by atoms with E-state index in [2.05, 4.69) is 28.3 Å². The van der Waals surface area contributed by atoms with Gasteiger partial charge in [0.05, 0.1) is 13.2 Å². The third kappa shape index (κ3) is 2.89. The number of hydrogen-bond acceptors (Lipinski definition) is 5. The Balaban J connectivity index is 1.85. The van der Waals surface area contributed by atoms with Crippen LogP contribution < -0.4 is 11.2 Å². The first-order valence-electron chi connectivity index (χ1n) is 9.93. The smallest absolute Gasteiger partial charge is 0.332 e. The monoisotopic (exact) mass is 388 g/mol. The molecular weight excluding hydrogens is 360 g/mol. The van der Waals surface area contributed by atoms with E-state index < -0.39 is 0 Å². The molecule has 1 aliphatic rings. The van der Waals surface area contributed by atoms with Crippen molar-refractivity contribution in [3.8, 4) is 0 Å². The van der Waals surface area contributed by atoms with Crippen molar-refractivity contribution in [1.82, 2.24) is 28.0 Å². The fraction of sp³-hybridized carbons (Fsp3) is 0.632. The number of hydrogen-bond donors (Lipinski definition) is 0. The number of ether oxygens (including phenoxy) is 1. The van der Waals surface area contributed by atoms with E-state index in [1.54, 1.807) is 7.05 Å². The zero-order valence-corrected chi connectivity index (χ0v) is 17.0. The first kappa shape index (κ1) is 18.9. The van der Waals surface area contributed by atoms with Crippen LogP contribution in [0.25, 0.3) is 16.9 Å². The summed E-state index contributed by atoms with van der Waals surface area (Å²) in [6, 6.07) is 0.259. The Hall–Kier alpha value is -2.39. The maximum atomic E-state index is 13.2. The number of aromatic nitrogens is 5. The molecule has 3 aromatic rings. The second-order valence-corrected chi connectivity index (χ2v) is 7.60. The molecule has 0 radical (unpaired) electrons. The molecule has 1 saturated heterocycles. The van der Waals surface area contributed by atoms with Gasteiger partial charge in [0.15, 0.2) is 11.2 Å². The van der Waals surface area contributed by atoms with E-state index >= 15 is 0 Å². The second-order valence-electron chi connectivity index (χ2n) is 7.60. The highest BCUT2D eigenvalue weighted by molar-refractivity contribution is 5.75. The summed E-state index contributed by atoms with van der Waals surface area (Å²) in [5, 5.41) is 0. The van der Waals surface area contributed by atoms with Gasteiger partial charge in [-0.25, -0.2) is 4.79 Å². The standard InChI is InChI=1S/C19H28N6O3/c1-5-13(2)25-14(3)12-24-15-16(20-18(24)25)21(4)19(27)23(17(15)26)7-6-22-8-10-28-11-9-22/h12-13H,5-11H2,1-4H3/t13-/m1/s1. The lowest BCUT2D eigenvalue weighted by molar-refractivity contribution is 0.0361. The van der Waals surface area contributed by atoms with Crippen molar-refractivity contribution in [3.05, 3.63) is 32.7 Å². The summed E-state index contributed by atoms with van der Waals surface area (Å²) in [4.78, 5) is 33.0. The highest BCUT2D eigenvalue weighted by Crippen LogP contribution is 2.22. The van der Waals surface area contributed by atoms with Crippen LogP contribution in [0.15, 0.2) is 15.8 Å². The molecule has 0 spiro atoms. The number of fused-ring (bicyclic) bond motifs is 3. The summed E-state index contributed by atoms with van der Waals surface area (Å²) >= 11 is 0. The van der Waals surface area contributed by atoms with Gasteiger partial charge in [-0.2, -0.15) is 4.98 Å². The van der Waals surface area contributed by atoms with Crippen LogP contribution in [-0.4, -0.2) is 60.8 Å². The van der Waals surface area contributed by atoms with E-state index in [1.165, 1.54) is 9.13 Å². The van der Waals surface area contributed by atoms with Gasteiger partial charge >= 0.3 is 5.69 Å². The summed E-state index contributed by atoms with van der Waals surface area (Å²) in [5.74, 6) is 0.708. The third-order valence-corrected chi connectivity index (χ3v) is 5.84. The minimum Gasteiger partial charge on any atom is -0.379 e. The molecule has 4 heterocycles. The van der Waals surface area contributed by atoms with Gasteiger partial charge in [0, 0.05) is 51.2 Å². The van der Waals surface area contributed by atoms with Gasteiger partial charge in [-0.05, 0) is 20.3 Å². The summed E-state index contributed by atoms with van der Waals surface area (Å²) in [6.07, 6.45) is 2.89. The summed E-state index contributed by atoms with van der Waals surface area (Å²) in [7, 11) is 1.68. The van der Waals surface area contributed by atoms with Crippen molar-refractivity contribution in [2.45, 2.75) is 39.8 Å². The molecule has 9 nitrogen and oxygen atoms in total. The van der Waals surface area contributed by atoms with Gasteiger partial charge in [-0.1, -0.05) is 6.92 Å². The maximum Gasteiger partial charge on any atom is 0.332 e. The van der Waals surface area contributed by atoms with Crippen molar-refractivity contribution in [1.29, 1.82) is 0 Å². The van der Waals surface area contributed by atoms with E-state index in [9.17, 15) is 9.59 Å². The molecule has 0 saturated carbocycles. The molecule has 1 aliphatic heterocycles. The Morgan fingerprint density at radius 2 is 1.93 bits per heavy atom. The summed E-state index contributed by atoms with van der Waals surface area (Å²) in [6.45, 7) is 10.3. The minimum atomic E-state index is -0.321. The summed E-state index contributed by atoms with van der Waals surface area (Å²) in [5.41, 5.74) is 1.35. The van der Waals surface area contributed by atoms with E-state index in [4.69, 9.17) is 4.74 Å². The largest absolute Gasteiger partial charge is 0.379 e. The highest BCUT2D eigenvalue weighted by atomic mass is 16.5. The van der Waals surface area contributed by atoms with Crippen LogP contribution in [0.3, 0.4) is 0 Å². The first-order chi connectivity index (χ1) is 13.4. The van der Waals surface area contributed by atoms with Crippen LogP contribution in [0, 0.1) is 6.92 Å². The molecule has 0 bridgehead atoms. The molecule has 1 atom stereocenters. The van der Waals surface area contributed by atoms with Crippen LogP contribution in [0.2, 0.25) is 0 Å². The number of aryl methyl sites for hydroxylation is 2. The summed E-state index contributed by atoms with van der Waals surface area (Å²) < 4.78 is 12.2. The second kappa shape index (κ2) is 7.21. The van der Waals surface area contributed by atoms with Crippen LogP contribution in [0.4, 0.5) is 0 Å². The molecule has 0 unspecified atom stereocenters. The molecule has 9 heteroatoms. The van der Waals surface area contributed by atoms with Crippen LogP contribution >= 0.6 is 0 Å². The molecule has 0 amide bonds. The maximum absolute atomic E-state index is 13.2. The van der Waals surface area contributed by atoms with Crippen molar-refractivity contribution in [2.24, 2.45) is 7.05 Å². The molecule has 1 fully saturated rings. The highest BCUT2D eigenvalue weighted by Gasteiger charge is 2.22. The Bertz CT molecular complexity index is 1130. The van der Waals surface area contributed by atoms with Gasteiger partial charge in [0.25, 0.3) is 5.56 Å². The Morgan fingerprint density at radius 3 is 2.61 bits per heavy atom. The van der Waals surface area contributed by atoms with Gasteiger partial charge in [0.2, 0.25) is 5.78 Å². The number of morpholine rings is 1. The van der Waals surface area contributed by atoms with E-state index in [0.717, 1.165) is 25.2 Å². The number of rotatable bonds is 5. The van der Waals surface area contributed by atoms with Crippen LogP contribution in [0.1, 0.15) is 32.0 Å². The SMILES string of the molecule is CC[C@@H](C)n1c(C)cn2c3c(=O)n(CCN4CCOCC4)c(=O)n(C)c3nc12. The molecule has 152 valence electrons. The van der Waals surface area contributed by atoms with Gasteiger partial charge < -0.3 is 9.30 Å². The first-order valence-corrected chi connectivity index (χ1v) is 9.93. The third-order valence-electron chi connectivity index (χ3n) is 5.84. The fourth-order valence-corrected chi connectivity index (χ4v) is 4.02. The lowest BCUT2D eigenvalue weighted by Gasteiger charge is -2.26. The number of nitrogens with zero attached hydrogens (tertiary/aromatic N) is 6.